The van der Waals surface area contributed by atoms with Crippen molar-refractivity contribution in [3.05, 3.63) is 77.7 Å². The largest absolute Gasteiger partial charge is 0.307 e. The number of fused-ring (bicyclic) bond motifs is 1. The van der Waals surface area contributed by atoms with Crippen LogP contribution in [0.25, 0.3) is 5.82 Å². The number of rotatable bonds is 6. The lowest BCUT2D eigenvalue weighted by atomic mass is 9.91. The first-order valence-corrected chi connectivity index (χ1v) is 11.4. The molecule has 0 radical (unpaired) electrons. The second-order valence-corrected chi connectivity index (χ2v) is 8.61. The Morgan fingerprint density at radius 1 is 0.967 bits per heavy atom. The van der Waals surface area contributed by atoms with Gasteiger partial charge in [-0.2, -0.15) is 5.10 Å². The van der Waals surface area contributed by atoms with E-state index in [4.69, 9.17) is 0 Å². The molecule has 1 atom stereocenters. The first-order chi connectivity index (χ1) is 14.9. The molecule has 0 spiro atoms. The van der Waals surface area contributed by atoms with E-state index in [2.05, 4.69) is 56.8 Å². The molecule has 3 heterocycles. The Morgan fingerprint density at radius 2 is 1.80 bits per heavy atom. The van der Waals surface area contributed by atoms with Gasteiger partial charge in [-0.1, -0.05) is 36.4 Å². The number of hydrogen-bond acceptors (Lipinski definition) is 4. The van der Waals surface area contributed by atoms with Crippen LogP contribution in [-0.2, 0) is 12.8 Å². The summed E-state index contributed by atoms with van der Waals surface area (Å²) in [6.45, 7) is 3.55. The summed E-state index contributed by atoms with van der Waals surface area (Å²) >= 11 is 0. The highest BCUT2D eigenvalue weighted by Crippen LogP contribution is 2.32. The minimum Gasteiger partial charge on any atom is -0.307 e. The molecule has 1 aromatic carbocycles. The molecule has 2 aromatic heterocycles. The number of likely N-dealkylation sites (tertiary alicyclic amines) is 1. The van der Waals surface area contributed by atoms with Gasteiger partial charge in [0, 0.05) is 30.4 Å². The Hall–Kier alpha value is -2.50. The van der Waals surface area contributed by atoms with Gasteiger partial charge in [0.15, 0.2) is 5.82 Å². The lowest BCUT2D eigenvalue weighted by molar-refractivity contribution is 0.190. The number of aromatic nitrogens is 3. The summed E-state index contributed by atoms with van der Waals surface area (Å²) < 4.78 is 2.04. The van der Waals surface area contributed by atoms with E-state index in [0.717, 1.165) is 18.7 Å². The molecule has 3 aromatic rings. The van der Waals surface area contributed by atoms with Crippen LogP contribution < -0.4 is 5.32 Å². The summed E-state index contributed by atoms with van der Waals surface area (Å²) in [4.78, 5) is 7.11. The first kappa shape index (κ1) is 19.5. The van der Waals surface area contributed by atoms with Crippen LogP contribution in [0.3, 0.4) is 0 Å². The quantitative estimate of drug-likeness (QED) is 0.680. The van der Waals surface area contributed by atoms with E-state index in [-0.39, 0.29) is 0 Å². The van der Waals surface area contributed by atoms with Crippen molar-refractivity contribution >= 4 is 0 Å². The van der Waals surface area contributed by atoms with Crippen LogP contribution >= 0.6 is 0 Å². The van der Waals surface area contributed by atoms with E-state index in [1.165, 1.54) is 62.1 Å². The van der Waals surface area contributed by atoms with Crippen molar-refractivity contribution in [2.24, 2.45) is 0 Å². The molecule has 5 heteroatoms. The van der Waals surface area contributed by atoms with Crippen molar-refractivity contribution in [1.29, 1.82) is 0 Å². The summed E-state index contributed by atoms with van der Waals surface area (Å²) in [6, 6.07) is 17.9. The molecule has 1 fully saturated rings. The lowest BCUT2D eigenvalue weighted by Crippen LogP contribution is -2.44. The molecule has 0 saturated carbocycles. The Bertz CT molecular complexity index is 929. The van der Waals surface area contributed by atoms with Gasteiger partial charge in [0.1, 0.15) is 0 Å². The van der Waals surface area contributed by atoms with Gasteiger partial charge in [0.25, 0.3) is 0 Å². The smallest absolute Gasteiger partial charge is 0.153 e. The SMILES string of the molecule is c1ccc(CCN2CCC(NC3CCCc4c3cnn4-c3ccccn3)CC2)cc1. The molecular weight excluding hydrogens is 370 g/mol. The van der Waals surface area contributed by atoms with Crippen molar-refractivity contribution in [2.45, 2.75) is 50.6 Å². The molecule has 156 valence electrons. The van der Waals surface area contributed by atoms with E-state index in [0.29, 0.717) is 12.1 Å². The monoisotopic (exact) mass is 401 g/mol. The number of nitrogens with one attached hydrogen (secondary N) is 1. The minimum atomic E-state index is 0.423. The Kier molecular flexibility index (Phi) is 5.91. The summed E-state index contributed by atoms with van der Waals surface area (Å²) in [5.74, 6) is 0.922. The van der Waals surface area contributed by atoms with Crippen LogP contribution in [0.5, 0.6) is 0 Å². The third-order valence-electron chi connectivity index (χ3n) is 6.63. The Morgan fingerprint density at radius 3 is 2.60 bits per heavy atom. The van der Waals surface area contributed by atoms with Crippen LogP contribution in [-0.4, -0.2) is 45.3 Å². The van der Waals surface area contributed by atoms with Gasteiger partial charge in [0.05, 0.1) is 11.9 Å². The van der Waals surface area contributed by atoms with E-state index >= 15 is 0 Å². The van der Waals surface area contributed by atoms with Crippen molar-refractivity contribution in [3.63, 3.8) is 0 Å². The van der Waals surface area contributed by atoms with E-state index in [1.54, 1.807) is 0 Å². The van der Waals surface area contributed by atoms with Gasteiger partial charge < -0.3 is 10.2 Å². The van der Waals surface area contributed by atoms with E-state index < -0.39 is 0 Å². The van der Waals surface area contributed by atoms with Gasteiger partial charge >= 0.3 is 0 Å². The summed E-state index contributed by atoms with van der Waals surface area (Å²) in [7, 11) is 0. The molecule has 1 aliphatic heterocycles. The fourth-order valence-electron chi connectivity index (χ4n) is 4.95. The average Bonchev–Trinajstić information content (AvgIpc) is 3.25. The Labute approximate surface area is 179 Å². The maximum absolute atomic E-state index is 4.68. The molecule has 2 aliphatic rings. The van der Waals surface area contributed by atoms with Crippen LogP contribution in [0.2, 0.25) is 0 Å². The maximum Gasteiger partial charge on any atom is 0.153 e. The standard InChI is InChI=1S/C25H31N5/c1-2-7-20(8-3-1)12-16-29-17-13-21(14-18-29)28-23-9-6-10-24-22(23)19-27-30(24)25-11-4-5-15-26-25/h1-5,7-8,11,15,19,21,23,28H,6,9-10,12-14,16-18H2. The molecule has 1 N–H and O–H groups in total. The average molecular weight is 402 g/mol. The maximum atomic E-state index is 4.68. The molecule has 1 unspecified atom stereocenters. The molecule has 5 rings (SSSR count). The zero-order chi connectivity index (χ0) is 20.2. The van der Waals surface area contributed by atoms with Crippen LogP contribution in [0.15, 0.2) is 60.9 Å². The highest BCUT2D eigenvalue weighted by Gasteiger charge is 2.28. The summed E-state index contributed by atoms with van der Waals surface area (Å²) in [5.41, 5.74) is 4.15. The first-order valence-electron chi connectivity index (χ1n) is 11.4. The van der Waals surface area contributed by atoms with E-state index in [1.807, 2.05) is 29.1 Å². The number of hydrogen-bond donors (Lipinski definition) is 1. The van der Waals surface area contributed by atoms with Gasteiger partial charge in [-0.3, -0.25) is 0 Å². The second-order valence-electron chi connectivity index (χ2n) is 8.61. The summed E-state index contributed by atoms with van der Waals surface area (Å²) in [5, 5.41) is 8.66. The van der Waals surface area contributed by atoms with Gasteiger partial charge in [-0.15, -0.1) is 0 Å². The minimum absolute atomic E-state index is 0.423. The lowest BCUT2D eigenvalue weighted by Gasteiger charge is -2.35. The number of nitrogens with zero attached hydrogens (tertiary/aromatic N) is 4. The molecule has 5 nitrogen and oxygen atoms in total. The number of piperidine rings is 1. The molecular formula is C25H31N5. The van der Waals surface area contributed by atoms with Gasteiger partial charge in [0.2, 0.25) is 0 Å². The topological polar surface area (TPSA) is 46.0 Å². The number of benzene rings is 1. The van der Waals surface area contributed by atoms with Crippen LogP contribution in [0.4, 0.5) is 0 Å². The normalized spacial score (nSPS) is 20.2. The van der Waals surface area contributed by atoms with Crippen molar-refractivity contribution < 1.29 is 0 Å². The fourth-order valence-corrected chi connectivity index (χ4v) is 4.95. The predicted octanol–water partition coefficient (Wildman–Crippen LogP) is 3.94. The van der Waals surface area contributed by atoms with Crippen molar-refractivity contribution in [1.82, 2.24) is 25.0 Å². The number of pyridine rings is 1. The third kappa shape index (κ3) is 4.32. The van der Waals surface area contributed by atoms with Gasteiger partial charge in [-0.25, -0.2) is 9.67 Å². The zero-order valence-electron chi connectivity index (χ0n) is 17.6. The highest BCUT2D eigenvalue weighted by atomic mass is 15.3. The molecule has 1 aliphatic carbocycles. The van der Waals surface area contributed by atoms with Crippen LogP contribution in [0, 0.1) is 0 Å². The molecule has 0 bridgehead atoms. The summed E-state index contributed by atoms with van der Waals surface area (Å²) in [6.07, 6.45) is 11.0. The highest BCUT2D eigenvalue weighted by molar-refractivity contribution is 5.32. The van der Waals surface area contributed by atoms with Gasteiger partial charge in [-0.05, 0) is 69.3 Å². The molecule has 1 saturated heterocycles. The fraction of sp³-hybridized carbons (Fsp3) is 0.440. The predicted molar refractivity (Wildman–Crippen MR) is 120 cm³/mol. The Balaban J connectivity index is 1.17. The van der Waals surface area contributed by atoms with Crippen LogP contribution in [0.1, 0.15) is 48.5 Å². The molecule has 30 heavy (non-hydrogen) atoms. The van der Waals surface area contributed by atoms with Crippen molar-refractivity contribution in [2.75, 3.05) is 19.6 Å². The van der Waals surface area contributed by atoms with Crippen molar-refractivity contribution in [3.8, 4) is 5.82 Å². The second kappa shape index (κ2) is 9.11. The third-order valence-corrected chi connectivity index (χ3v) is 6.63. The zero-order valence-corrected chi connectivity index (χ0v) is 17.6. The van der Waals surface area contributed by atoms with E-state index in [9.17, 15) is 0 Å². The molecule has 0 amide bonds.